The monoisotopic (exact) mass is 654 g/mol. The summed E-state index contributed by atoms with van der Waals surface area (Å²) in [4.78, 5) is 2.53. The first-order chi connectivity index (χ1) is 25.3. The normalized spacial score (nSPS) is 19.9. The van der Waals surface area contributed by atoms with Crippen molar-refractivity contribution in [1.82, 2.24) is 4.57 Å². The first kappa shape index (κ1) is 28.9. The zero-order chi connectivity index (χ0) is 33.5. The molecule has 3 unspecified atom stereocenters. The molecule has 7 aromatic carbocycles. The Bertz CT molecular complexity index is 2620. The fourth-order valence-corrected chi connectivity index (χ4v) is 10.4. The first-order valence-electron chi connectivity index (χ1n) is 18.6. The summed E-state index contributed by atoms with van der Waals surface area (Å²) < 4.78 is 2.43. The lowest BCUT2D eigenvalue weighted by Crippen LogP contribution is -2.32. The lowest BCUT2D eigenvalue weighted by molar-refractivity contribution is 0.327. The summed E-state index contributed by atoms with van der Waals surface area (Å²) in [5.74, 6) is 1.54. The van der Waals surface area contributed by atoms with E-state index in [4.69, 9.17) is 0 Å². The molecular formula is C49H38N2. The van der Waals surface area contributed by atoms with Gasteiger partial charge in [-0.25, -0.2) is 0 Å². The predicted molar refractivity (Wildman–Crippen MR) is 213 cm³/mol. The standard InChI is InChI=1S/C49H38N2/c1-3-13-34(14-4-1)39-17-8-11-21-46(39)50(38-26-28-43-42-19-9-12-22-47(42)51(48(43)31-38)36-15-5-2-6-16-36)37-25-27-41-40-18-7-10-20-44(40)49(45(41)30-37)32-33-23-24-35(49)29-33/h1-22,25-28,30-31,33,35H,23-24,29,32H2. The second-order valence-corrected chi connectivity index (χ2v) is 14.9. The minimum absolute atomic E-state index is 0.110. The summed E-state index contributed by atoms with van der Waals surface area (Å²) >= 11 is 0. The van der Waals surface area contributed by atoms with E-state index in [1.807, 2.05) is 0 Å². The molecule has 0 amide bonds. The highest BCUT2D eigenvalue weighted by atomic mass is 15.1. The van der Waals surface area contributed by atoms with Crippen molar-refractivity contribution in [2.45, 2.75) is 31.1 Å². The molecule has 2 saturated carbocycles. The zero-order valence-electron chi connectivity index (χ0n) is 28.5. The molecule has 244 valence electrons. The third-order valence-corrected chi connectivity index (χ3v) is 12.4. The second kappa shape index (κ2) is 11.1. The smallest absolute Gasteiger partial charge is 0.0561 e. The van der Waals surface area contributed by atoms with Gasteiger partial charge in [-0.1, -0.05) is 128 Å². The van der Waals surface area contributed by atoms with E-state index < -0.39 is 0 Å². The van der Waals surface area contributed by atoms with Gasteiger partial charge in [-0.15, -0.1) is 0 Å². The molecule has 3 aliphatic carbocycles. The number of fused-ring (bicyclic) bond motifs is 11. The maximum atomic E-state index is 2.58. The van der Waals surface area contributed by atoms with E-state index in [-0.39, 0.29) is 5.41 Å². The number of hydrogen-bond acceptors (Lipinski definition) is 1. The van der Waals surface area contributed by atoms with Crippen molar-refractivity contribution in [2.24, 2.45) is 11.8 Å². The largest absolute Gasteiger partial charge is 0.310 e. The summed E-state index contributed by atoms with van der Waals surface area (Å²) in [5.41, 5.74) is 15.7. The molecule has 3 atom stereocenters. The highest BCUT2D eigenvalue weighted by Gasteiger charge is 2.56. The Hall–Kier alpha value is -5.86. The van der Waals surface area contributed by atoms with E-state index in [9.17, 15) is 0 Å². The van der Waals surface area contributed by atoms with Crippen molar-refractivity contribution in [2.75, 3.05) is 4.90 Å². The van der Waals surface area contributed by atoms with E-state index >= 15 is 0 Å². The van der Waals surface area contributed by atoms with E-state index in [1.165, 1.54) is 92.4 Å². The molecular weight excluding hydrogens is 617 g/mol. The highest BCUT2D eigenvalue weighted by Crippen LogP contribution is 2.66. The number of hydrogen-bond donors (Lipinski definition) is 0. The molecule has 1 heterocycles. The van der Waals surface area contributed by atoms with Gasteiger partial charge < -0.3 is 9.47 Å². The quantitative estimate of drug-likeness (QED) is 0.179. The third kappa shape index (κ3) is 4.17. The topological polar surface area (TPSA) is 8.17 Å². The van der Waals surface area contributed by atoms with Crippen molar-refractivity contribution >= 4 is 38.9 Å². The lowest BCUT2D eigenvalue weighted by Gasteiger charge is -2.37. The van der Waals surface area contributed by atoms with Gasteiger partial charge in [0, 0.05) is 38.8 Å². The summed E-state index contributed by atoms with van der Waals surface area (Å²) in [6.07, 6.45) is 5.35. The van der Waals surface area contributed by atoms with Crippen molar-refractivity contribution in [3.05, 3.63) is 181 Å². The van der Waals surface area contributed by atoms with E-state index in [1.54, 1.807) is 5.56 Å². The van der Waals surface area contributed by atoms with Crippen LogP contribution in [0.15, 0.2) is 170 Å². The average Bonchev–Trinajstić information content (AvgIpc) is 3.96. The Labute approximate surface area is 299 Å². The molecule has 0 saturated heterocycles. The van der Waals surface area contributed by atoms with Gasteiger partial charge in [0.2, 0.25) is 0 Å². The Morgan fingerprint density at radius 3 is 2.00 bits per heavy atom. The number of rotatable bonds is 5. The van der Waals surface area contributed by atoms with Crippen LogP contribution in [0.2, 0.25) is 0 Å². The van der Waals surface area contributed by atoms with Gasteiger partial charge in [0.15, 0.2) is 0 Å². The number of para-hydroxylation sites is 3. The average molecular weight is 655 g/mol. The van der Waals surface area contributed by atoms with E-state index in [0.717, 1.165) is 11.6 Å². The van der Waals surface area contributed by atoms with E-state index in [2.05, 4.69) is 179 Å². The van der Waals surface area contributed by atoms with Crippen LogP contribution in [0.4, 0.5) is 17.1 Å². The predicted octanol–water partition coefficient (Wildman–Crippen LogP) is 13.0. The molecule has 2 nitrogen and oxygen atoms in total. The minimum atomic E-state index is 0.110. The Morgan fingerprint density at radius 1 is 0.510 bits per heavy atom. The maximum absolute atomic E-state index is 2.58. The Balaban J connectivity index is 1.18. The molecule has 8 aromatic rings. The summed E-state index contributed by atoms with van der Waals surface area (Å²) in [6, 6.07) is 63.2. The molecule has 3 aliphatic rings. The number of benzene rings is 7. The molecule has 0 N–H and O–H groups in total. The fourth-order valence-electron chi connectivity index (χ4n) is 10.4. The molecule has 51 heavy (non-hydrogen) atoms. The SMILES string of the molecule is c1ccc(-c2ccccc2N(c2ccc3c(c2)C2(CC4CCC2C4)c2ccccc2-3)c2ccc3c4ccccc4n(-c4ccccc4)c3c2)cc1. The minimum Gasteiger partial charge on any atom is -0.310 e. The molecule has 1 spiro atoms. The van der Waals surface area contributed by atoms with Gasteiger partial charge in [0.05, 0.1) is 16.7 Å². The van der Waals surface area contributed by atoms with Crippen LogP contribution in [-0.4, -0.2) is 4.57 Å². The van der Waals surface area contributed by atoms with Gasteiger partial charge >= 0.3 is 0 Å². The van der Waals surface area contributed by atoms with Crippen LogP contribution in [0.3, 0.4) is 0 Å². The van der Waals surface area contributed by atoms with Gasteiger partial charge in [-0.2, -0.15) is 0 Å². The van der Waals surface area contributed by atoms with Gasteiger partial charge in [0.1, 0.15) is 0 Å². The molecule has 2 heteroatoms. The maximum Gasteiger partial charge on any atom is 0.0561 e. The van der Waals surface area contributed by atoms with Crippen LogP contribution in [0, 0.1) is 11.8 Å². The summed E-state index contributed by atoms with van der Waals surface area (Å²) in [6.45, 7) is 0. The number of anilines is 3. The van der Waals surface area contributed by atoms with Crippen LogP contribution < -0.4 is 4.90 Å². The molecule has 2 bridgehead atoms. The molecule has 11 rings (SSSR count). The van der Waals surface area contributed by atoms with Crippen molar-refractivity contribution < 1.29 is 0 Å². The molecule has 1 aromatic heterocycles. The van der Waals surface area contributed by atoms with Gasteiger partial charge in [-0.05, 0) is 107 Å². The Kier molecular flexibility index (Phi) is 6.28. The van der Waals surface area contributed by atoms with Crippen LogP contribution in [0.25, 0.3) is 49.7 Å². The van der Waals surface area contributed by atoms with Gasteiger partial charge in [-0.3, -0.25) is 0 Å². The van der Waals surface area contributed by atoms with Crippen LogP contribution in [0.1, 0.15) is 36.8 Å². The van der Waals surface area contributed by atoms with Crippen molar-refractivity contribution in [3.8, 4) is 27.9 Å². The number of nitrogens with zero attached hydrogens (tertiary/aromatic N) is 2. The van der Waals surface area contributed by atoms with E-state index in [0.29, 0.717) is 5.92 Å². The molecule has 2 fully saturated rings. The van der Waals surface area contributed by atoms with Crippen LogP contribution in [0.5, 0.6) is 0 Å². The van der Waals surface area contributed by atoms with Crippen LogP contribution >= 0.6 is 0 Å². The second-order valence-electron chi connectivity index (χ2n) is 14.9. The molecule has 0 radical (unpaired) electrons. The highest BCUT2D eigenvalue weighted by molar-refractivity contribution is 6.10. The fraction of sp³-hybridized carbons (Fsp3) is 0.143. The third-order valence-electron chi connectivity index (χ3n) is 12.4. The first-order valence-corrected chi connectivity index (χ1v) is 18.6. The molecule has 0 aliphatic heterocycles. The van der Waals surface area contributed by atoms with Crippen LogP contribution in [-0.2, 0) is 5.41 Å². The van der Waals surface area contributed by atoms with Crippen molar-refractivity contribution in [3.63, 3.8) is 0 Å². The Morgan fingerprint density at radius 2 is 1.18 bits per heavy atom. The zero-order valence-corrected chi connectivity index (χ0v) is 28.5. The summed E-state index contributed by atoms with van der Waals surface area (Å²) in [7, 11) is 0. The number of aromatic nitrogens is 1. The van der Waals surface area contributed by atoms with Gasteiger partial charge in [0.25, 0.3) is 0 Å². The summed E-state index contributed by atoms with van der Waals surface area (Å²) in [5, 5.41) is 2.53. The van der Waals surface area contributed by atoms with Crippen molar-refractivity contribution in [1.29, 1.82) is 0 Å². The lowest BCUT2D eigenvalue weighted by atomic mass is 9.67.